The maximum Gasteiger partial charge on any atom is 0.124 e. The second-order valence-corrected chi connectivity index (χ2v) is 6.08. The Morgan fingerprint density at radius 2 is 2.00 bits per heavy atom. The Bertz CT molecular complexity index is 371. The van der Waals surface area contributed by atoms with Crippen LogP contribution < -0.4 is 11.3 Å². The molecule has 1 aromatic rings. The zero-order valence-corrected chi connectivity index (χ0v) is 12.0. The second-order valence-electron chi connectivity index (χ2n) is 5.16. The van der Waals surface area contributed by atoms with E-state index in [1.807, 2.05) is 6.07 Å². The Balaban J connectivity index is 2.06. The summed E-state index contributed by atoms with van der Waals surface area (Å²) in [5, 5.41) is 0. The first-order valence-electron chi connectivity index (χ1n) is 6.61. The van der Waals surface area contributed by atoms with Crippen molar-refractivity contribution in [2.75, 3.05) is 0 Å². The summed E-state index contributed by atoms with van der Waals surface area (Å²) >= 11 is 3.33. The predicted octanol–water partition coefficient (Wildman–Crippen LogP) is 4.06. The molecule has 1 fully saturated rings. The third-order valence-corrected chi connectivity index (χ3v) is 4.24. The molecular weight excluding hydrogens is 295 g/mol. The highest BCUT2D eigenvalue weighted by Crippen LogP contribution is 2.32. The molecule has 2 nitrogen and oxygen atoms in total. The Kier molecular flexibility index (Phi) is 5.15. The molecule has 100 valence electrons. The van der Waals surface area contributed by atoms with Crippen molar-refractivity contribution >= 4 is 15.9 Å². The van der Waals surface area contributed by atoms with E-state index in [-0.39, 0.29) is 11.9 Å². The van der Waals surface area contributed by atoms with Crippen LogP contribution in [0, 0.1) is 11.7 Å². The molecule has 0 saturated heterocycles. The maximum atomic E-state index is 13.4. The lowest BCUT2D eigenvalue weighted by molar-refractivity contribution is 0.301. The standard InChI is InChI=1S/C14H20BrFN2/c15-12-7-11(8-13(16)9-12)14(18-17)6-10-4-2-1-3-5-10/h7-10,14,18H,1-6,17H2. The number of nitrogens with two attached hydrogens (primary N) is 1. The van der Waals surface area contributed by atoms with Gasteiger partial charge in [-0.25, -0.2) is 4.39 Å². The van der Waals surface area contributed by atoms with Gasteiger partial charge in [-0.3, -0.25) is 11.3 Å². The van der Waals surface area contributed by atoms with Crippen molar-refractivity contribution in [2.24, 2.45) is 11.8 Å². The molecule has 2 rings (SSSR count). The van der Waals surface area contributed by atoms with Crippen LogP contribution in [0.4, 0.5) is 4.39 Å². The molecule has 18 heavy (non-hydrogen) atoms. The van der Waals surface area contributed by atoms with Crippen LogP contribution in [0.15, 0.2) is 22.7 Å². The average Bonchev–Trinajstić information content (AvgIpc) is 2.36. The van der Waals surface area contributed by atoms with Gasteiger partial charge in [0.2, 0.25) is 0 Å². The third-order valence-electron chi connectivity index (χ3n) is 3.78. The van der Waals surface area contributed by atoms with Gasteiger partial charge in [-0.05, 0) is 36.1 Å². The first kappa shape index (κ1) is 14.0. The predicted molar refractivity (Wildman–Crippen MR) is 75.4 cm³/mol. The fourth-order valence-corrected chi connectivity index (χ4v) is 3.32. The highest BCUT2D eigenvalue weighted by molar-refractivity contribution is 9.10. The minimum absolute atomic E-state index is 0.0418. The van der Waals surface area contributed by atoms with Gasteiger partial charge >= 0.3 is 0 Å². The lowest BCUT2D eigenvalue weighted by atomic mass is 9.83. The number of hydrogen-bond donors (Lipinski definition) is 2. The highest BCUT2D eigenvalue weighted by Gasteiger charge is 2.20. The number of halogens is 2. The van der Waals surface area contributed by atoms with Gasteiger partial charge in [0.15, 0.2) is 0 Å². The van der Waals surface area contributed by atoms with E-state index in [1.54, 1.807) is 6.07 Å². The van der Waals surface area contributed by atoms with Gasteiger partial charge < -0.3 is 0 Å². The van der Waals surface area contributed by atoms with Crippen molar-refractivity contribution in [3.8, 4) is 0 Å². The summed E-state index contributed by atoms with van der Waals surface area (Å²) in [6.07, 6.45) is 7.52. The van der Waals surface area contributed by atoms with Crippen molar-refractivity contribution in [3.63, 3.8) is 0 Å². The van der Waals surface area contributed by atoms with Gasteiger partial charge in [-0.2, -0.15) is 0 Å². The molecular formula is C14H20BrFN2. The first-order chi connectivity index (χ1) is 8.69. The van der Waals surface area contributed by atoms with Crippen molar-refractivity contribution in [3.05, 3.63) is 34.1 Å². The van der Waals surface area contributed by atoms with E-state index in [0.717, 1.165) is 16.5 Å². The highest BCUT2D eigenvalue weighted by atomic mass is 79.9. The first-order valence-corrected chi connectivity index (χ1v) is 7.40. The summed E-state index contributed by atoms with van der Waals surface area (Å²) in [4.78, 5) is 0. The Morgan fingerprint density at radius 1 is 1.28 bits per heavy atom. The summed E-state index contributed by atoms with van der Waals surface area (Å²) in [6, 6.07) is 5.02. The molecule has 0 aromatic heterocycles. The molecule has 0 radical (unpaired) electrons. The van der Waals surface area contributed by atoms with Gasteiger partial charge in [0.1, 0.15) is 5.82 Å². The molecule has 1 saturated carbocycles. The number of benzene rings is 1. The van der Waals surface area contributed by atoms with E-state index < -0.39 is 0 Å². The van der Waals surface area contributed by atoms with E-state index in [1.165, 1.54) is 38.2 Å². The molecule has 0 spiro atoms. The zero-order valence-electron chi connectivity index (χ0n) is 10.5. The number of rotatable bonds is 4. The molecule has 0 heterocycles. The Morgan fingerprint density at radius 3 is 2.61 bits per heavy atom. The van der Waals surface area contributed by atoms with Crippen LogP contribution in [0.5, 0.6) is 0 Å². The fraction of sp³-hybridized carbons (Fsp3) is 0.571. The number of hydrazine groups is 1. The summed E-state index contributed by atoms with van der Waals surface area (Å²) in [5.74, 6) is 6.13. The molecule has 1 atom stereocenters. The van der Waals surface area contributed by atoms with Crippen LogP contribution in [-0.4, -0.2) is 0 Å². The topological polar surface area (TPSA) is 38.0 Å². The minimum atomic E-state index is -0.219. The summed E-state index contributed by atoms with van der Waals surface area (Å²) in [5.41, 5.74) is 3.76. The van der Waals surface area contributed by atoms with Crippen LogP contribution in [-0.2, 0) is 0 Å². The molecule has 0 aliphatic heterocycles. The lowest BCUT2D eigenvalue weighted by Crippen LogP contribution is -2.30. The van der Waals surface area contributed by atoms with Gasteiger partial charge in [0.25, 0.3) is 0 Å². The average molecular weight is 315 g/mol. The van der Waals surface area contributed by atoms with Gasteiger partial charge in [-0.15, -0.1) is 0 Å². The minimum Gasteiger partial charge on any atom is -0.271 e. The van der Waals surface area contributed by atoms with E-state index >= 15 is 0 Å². The SMILES string of the molecule is NNC(CC1CCCCC1)c1cc(F)cc(Br)c1. The van der Waals surface area contributed by atoms with E-state index in [9.17, 15) is 4.39 Å². The maximum absolute atomic E-state index is 13.4. The molecule has 0 bridgehead atoms. The van der Waals surface area contributed by atoms with Crippen LogP contribution in [0.3, 0.4) is 0 Å². The van der Waals surface area contributed by atoms with Crippen molar-refractivity contribution in [2.45, 2.75) is 44.6 Å². The quantitative estimate of drug-likeness (QED) is 0.649. The van der Waals surface area contributed by atoms with Crippen LogP contribution in [0.25, 0.3) is 0 Å². The fourth-order valence-electron chi connectivity index (χ4n) is 2.83. The summed E-state index contributed by atoms with van der Waals surface area (Å²) in [6.45, 7) is 0. The third kappa shape index (κ3) is 3.77. The molecule has 0 amide bonds. The van der Waals surface area contributed by atoms with Gasteiger partial charge in [0.05, 0.1) is 0 Å². The molecule has 1 aliphatic carbocycles. The van der Waals surface area contributed by atoms with Crippen LogP contribution in [0.1, 0.15) is 50.1 Å². The Hall–Kier alpha value is -0.450. The molecule has 1 aromatic carbocycles. The van der Waals surface area contributed by atoms with Crippen molar-refractivity contribution in [1.82, 2.24) is 5.43 Å². The molecule has 1 unspecified atom stereocenters. The van der Waals surface area contributed by atoms with Crippen molar-refractivity contribution < 1.29 is 4.39 Å². The normalized spacial score (nSPS) is 18.8. The number of hydrogen-bond acceptors (Lipinski definition) is 2. The lowest BCUT2D eigenvalue weighted by Gasteiger charge is -2.26. The number of nitrogens with one attached hydrogen (secondary N) is 1. The van der Waals surface area contributed by atoms with Gasteiger partial charge in [0, 0.05) is 10.5 Å². The van der Waals surface area contributed by atoms with Crippen molar-refractivity contribution in [1.29, 1.82) is 0 Å². The summed E-state index contributed by atoms with van der Waals surface area (Å²) < 4.78 is 14.2. The Labute approximate surface area is 116 Å². The summed E-state index contributed by atoms with van der Waals surface area (Å²) in [7, 11) is 0. The second kappa shape index (κ2) is 6.64. The smallest absolute Gasteiger partial charge is 0.124 e. The molecule has 1 aliphatic rings. The van der Waals surface area contributed by atoms with E-state index in [0.29, 0.717) is 5.92 Å². The van der Waals surface area contributed by atoms with E-state index in [2.05, 4.69) is 21.4 Å². The van der Waals surface area contributed by atoms with Crippen LogP contribution in [0.2, 0.25) is 0 Å². The van der Waals surface area contributed by atoms with E-state index in [4.69, 9.17) is 5.84 Å². The van der Waals surface area contributed by atoms with Gasteiger partial charge in [-0.1, -0.05) is 48.0 Å². The zero-order chi connectivity index (χ0) is 13.0. The molecule has 4 heteroatoms. The van der Waals surface area contributed by atoms with Crippen LogP contribution >= 0.6 is 15.9 Å². The molecule has 3 N–H and O–H groups in total. The monoisotopic (exact) mass is 314 g/mol. The largest absolute Gasteiger partial charge is 0.271 e.